The van der Waals surface area contributed by atoms with Gasteiger partial charge < -0.3 is 5.11 Å². The molecule has 0 saturated carbocycles. The first kappa shape index (κ1) is 15.4. The Kier molecular flexibility index (Phi) is 4.52. The van der Waals surface area contributed by atoms with Crippen molar-refractivity contribution < 1.29 is 9.50 Å². The minimum absolute atomic E-state index is 0.0896. The summed E-state index contributed by atoms with van der Waals surface area (Å²) in [6, 6.07) is 5.59. The molecule has 7 heteroatoms. The Morgan fingerprint density at radius 3 is 2.43 bits per heavy atom. The Bertz CT molecular complexity index is 766. The zero-order valence-corrected chi connectivity index (χ0v) is 12.5. The van der Waals surface area contributed by atoms with Gasteiger partial charge in [-0.25, -0.2) is 13.8 Å². The molecular weight excluding hydrogens is 295 g/mol. The average molecular weight is 311 g/mol. The number of halogens is 1. The molecule has 0 saturated heterocycles. The molecule has 1 aromatic heterocycles. The smallest absolute Gasteiger partial charge is 0.336 e. The van der Waals surface area contributed by atoms with Crippen molar-refractivity contribution in [3.05, 3.63) is 50.9 Å². The third-order valence-corrected chi connectivity index (χ3v) is 5.46. The number of benzene rings is 1. The fourth-order valence-electron chi connectivity index (χ4n) is 2.12. The van der Waals surface area contributed by atoms with Gasteiger partial charge in [0.05, 0.1) is 5.69 Å². The van der Waals surface area contributed by atoms with Crippen molar-refractivity contribution in [3.8, 4) is 11.6 Å². The number of rotatable bonds is 4. The molecule has 0 fully saturated rings. The van der Waals surface area contributed by atoms with Crippen LogP contribution in [0.5, 0.6) is 5.88 Å². The van der Waals surface area contributed by atoms with Crippen molar-refractivity contribution >= 4 is 10.9 Å². The number of hydrogen-bond donors (Lipinski definition) is 2. The molecule has 0 unspecified atom stereocenters. The van der Waals surface area contributed by atoms with Gasteiger partial charge in [0.2, 0.25) is 0 Å². The second-order valence-electron chi connectivity index (χ2n) is 4.27. The van der Waals surface area contributed by atoms with E-state index in [0.717, 1.165) is 4.57 Å². The summed E-state index contributed by atoms with van der Waals surface area (Å²) < 4.78 is 14.7. The van der Waals surface area contributed by atoms with Crippen LogP contribution in [-0.4, -0.2) is 26.2 Å². The van der Waals surface area contributed by atoms with E-state index in [0.29, 0.717) is 11.5 Å². The molecular formula is C14H16FN2O3S+. The number of nitrogens with zero attached hydrogens (tertiary/aromatic N) is 1. The first-order chi connectivity index (χ1) is 10.0. The Morgan fingerprint density at radius 1 is 1.24 bits per heavy atom. The van der Waals surface area contributed by atoms with Crippen LogP contribution in [0.3, 0.4) is 0 Å². The number of aromatic nitrogens is 2. The largest absolute Gasteiger partial charge is 0.490 e. The van der Waals surface area contributed by atoms with Crippen molar-refractivity contribution in [3.63, 3.8) is 0 Å². The van der Waals surface area contributed by atoms with Crippen LogP contribution in [-0.2, 0) is 10.9 Å². The summed E-state index contributed by atoms with van der Waals surface area (Å²) >= 11 is 0. The van der Waals surface area contributed by atoms with E-state index in [-0.39, 0.29) is 10.6 Å². The van der Waals surface area contributed by atoms with Crippen LogP contribution in [0, 0.1) is 5.82 Å². The third kappa shape index (κ3) is 2.73. The quantitative estimate of drug-likeness (QED) is 0.838. The van der Waals surface area contributed by atoms with Crippen molar-refractivity contribution in [1.29, 1.82) is 0 Å². The van der Waals surface area contributed by atoms with Gasteiger partial charge in [-0.1, -0.05) is 12.1 Å². The molecule has 0 radical (unpaired) electrons. The molecule has 0 spiro atoms. The standard InChI is InChI=1S/C14H15FN2O3S/c1-3-21(4-2)11-12(18)16-14(20)17(13(11)19)10-8-6-5-7-9(10)15/h5-8H,3-4H2,1-2H3,(H-,16,18,19,20)/p+1. The van der Waals surface area contributed by atoms with Gasteiger partial charge in [-0.3, -0.25) is 9.78 Å². The van der Waals surface area contributed by atoms with Crippen LogP contribution >= 0.6 is 0 Å². The summed E-state index contributed by atoms with van der Waals surface area (Å²) in [7, 11) is -0.500. The van der Waals surface area contributed by atoms with E-state index < -0.39 is 33.8 Å². The summed E-state index contributed by atoms with van der Waals surface area (Å²) in [5.74, 6) is 0.173. The van der Waals surface area contributed by atoms with Gasteiger partial charge in [-0.15, -0.1) is 0 Å². The predicted molar refractivity (Wildman–Crippen MR) is 81.0 cm³/mol. The highest BCUT2D eigenvalue weighted by atomic mass is 32.2. The number of hydrogen-bond acceptors (Lipinski definition) is 3. The number of para-hydroxylation sites is 1. The second-order valence-corrected chi connectivity index (χ2v) is 6.82. The fraction of sp³-hybridized carbons (Fsp3) is 0.286. The number of aromatic amines is 1. The lowest BCUT2D eigenvalue weighted by Gasteiger charge is -2.11. The number of H-pyrrole nitrogens is 1. The van der Waals surface area contributed by atoms with Gasteiger partial charge in [0, 0.05) is 10.9 Å². The van der Waals surface area contributed by atoms with E-state index in [2.05, 4.69) is 4.98 Å². The monoisotopic (exact) mass is 311 g/mol. The van der Waals surface area contributed by atoms with Gasteiger partial charge in [-0.05, 0) is 26.0 Å². The Balaban J connectivity index is 2.80. The number of aromatic hydroxyl groups is 1. The molecule has 0 aliphatic carbocycles. The highest BCUT2D eigenvalue weighted by Gasteiger charge is 2.30. The summed E-state index contributed by atoms with van der Waals surface area (Å²) in [6.45, 7) is 3.79. The van der Waals surface area contributed by atoms with Crippen LogP contribution < -0.4 is 11.2 Å². The predicted octanol–water partition coefficient (Wildman–Crippen LogP) is 1.39. The highest BCUT2D eigenvalue weighted by Crippen LogP contribution is 2.23. The van der Waals surface area contributed by atoms with Crippen molar-refractivity contribution in [2.45, 2.75) is 18.7 Å². The minimum atomic E-state index is -0.859. The molecule has 0 atom stereocenters. The topological polar surface area (TPSA) is 75.1 Å². The molecule has 0 aliphatic heterocycles. The second kappa shape index (κ2) is 6.17. The van der Waals surface area contributed by atoms with Crippen molar-refractivity contribution in [2.24, 2.45) is 0 Å². The number of nitrogens with one attached hydrogen (secondary N) is 1. The lowest BCUT2D eigenvalue weighted by atomic mass is 10.3. The van der Waals surface area contributed by atoms with Crippen LogP contribution in [0.1, 0.15) is 13.8 Å². The first-order valence-electron chi connectivity index (χ1n) is 6.51. The molecule has 0 aliphatic rings. The first-order valence-corrected chi connectivity index (χ1v) is 8.08. The summed E-state index contributed by atoms with van der Waals surface area (Å²) in [5, 5.41) is 10.3. The molecule has 1 heterocycles. The van der Waals surface area contributed by atoms with Gasteiger partial charge in [0.15, 0.2) is 0 Å². The van der Waals surface area contributed by atoms with E-state index in [1.807, 2.05) is 13.8 Å². The normalized spacial score (nSPS) is 11.0. The van der Waals surface area contributed by atoms with E-state index in [1.54, 1.807) is 6.07 Å². The molecule has 0 amide bonds. The van der Waals surface area contributed by atoms with Crippen molar-refractivity contribution in [1.82, 2.24) is 9.55 Å². The van der Waals surface area contributed by atoms with Gasteiger partial charge in [-0.2, -0.15) is 0 Å². The maximum absolute atomic E-state index is 13.9. The molecule has 0 bridgehead atoms. The molecule has 112 valence electrons. The molecule has 2 rings (SSSR count). The lowest BCUT2D eigenvalue weighted by Crippen LogP contribution is -2.34. The van der Waals surface area contributed by atoms with E-state index in [1.165, 1.54) is 18.2 Å². The van der Waals surface area contributed by atoms with Crippen LogP contribution in [0.25, 0.3) is 5.69 Å². The highest BCUT2D eigenvalue weighted by molar-refractivity contribution is 7.96. The summed E-state index contributed by atoms with van der Waals surface area (Å²) in [6.07, 6.45) is 0. The van der Waals surface area contributed by atoms with E-state index in [9.17, 15) is 19.1 Å². The zero-order valence-electron chi connectivity index (χ0n) is 11.7. The third-order valence-electron chi connectivity index (χ3n) is 3.12. The van der Waals surface area contributed by atoms with Crippen molar-refractivity contribution in [2.75, 3.05) is 11.5 Å². The van der Waals surface area contributed by atoms with E-state index in [4.69, 9.17) is 0 Å². The van der Waals surface area contributed by atoms with Crippen LogP contribution in [0.4, 0.5) is 4.39 Å². The van der Waals surface area contributed by atoms with Gasteiger partial charge >= 0.3 is 11.2 Å². The van der Waals surface area contributed by atoms with Gasteiger partial charge in [0.1, 0.15) is 17.3 Å². The van der Waals surface area contributed by atoms with Crippen LogP contribution in [0.2, 0.25) is 0 Å². The summed E-state index contributed by atoms with van der Waals surface area (Å²) in [4.78, 5) is 26.2. The maximum Gasteiger partial charge on any atom is 0.336 e. The van der Waals surface area contributed by atoms with E-state index >= 15 is 0 Å². The molecule has 2 N–H and O–H groups in total. The minimum Gasteiger partial charge on any atom is -0.490 e. The zero-order chi connectivity index (χ0) is 15.6. The molecule has 5 nitrogen and oxygen atoms in total. The van der Waals surface area contributed by atoms with Gasteiger partial charge in [0.25, 0.3) is 10.8 Å². The Labute approximate surface area is 123 Å². The summed E-state index contributed by atoms with van der Waals surface area (Å²) in [5.41, 5.74) is -1.56. The molecule has 2 aromatic rings. The SMILES string of the molecule is CC[S+](CC)c1c(O)n(-c2ccccc2F)c(=O)[nH]c1=O. The lowest BCUT2D eigenvalue weighted by molar-refractivity contribution is 0.412. The average Bonchev–Trinajstić information content (AvgIpc) is 2.45. The Hall–Kier alpha value is -2.02. The maximum atomic E-state index is 13.9. The molecule has 1 aromatic carbocycles. The fourth-order valence-corrected chi connectivity index (χ4v) is 3.77. The Morgan fingerprint density at radius 2 is 1.86 bits per heavy atom. The molecule has 21 heavy (non-hydrogen) atoms. The van der Waals surface area contributed by atoms with Crippen LogP contribution in [0.15, 0.2) is 38.8 Å².